The summed E-state index contributed by atoms with van der Waals surface area (Å²) < 4.78 is 26.4. The lowest BCUT2D eigenvalue weighted by Crippen LogP contribution is -2.28. The second-order valence-electron chi connectivity index (χ2n) is 4.69. The first-order chi connectivity index (χ1) is 10.1. The minimum absolute atomic E-state index is 0.219. The lowest BCUT2D eigenvalue weighted by atomic mass is 10.0. The van der Waals surface area contributed by atoms with Crippen molar-refractivity contribution < 1.29 is 13.6 Å². The van der Waals surface area contributed by atoms with Gasteiger partial charge in [0.1, 0.15) is 11.6 Å². The first kappa shape index (κ1) is 15.1. The van der Waals surface area contributed by atoms with Gasteiger partial charge in [0, 0.05) is 12.6 Å². The number of benzene rings is 2. The van der Waals surface area contributed by atoms with E-state index in [4.69, 9.17) is 5.73 Å². The van der Waals surface area contributed by atoms with Gasteiger partial charge in [-0.15, -0.1) is 0 Å². The van der Waals surface area contributed by atoms with E-state index in [9.17, 15) is 13.6 Å². The van der Waals surface area contributed by atoms with E-state index in [2.05, 4.69) is 5.32 Å². The summed E-state index contributed by atoms with van der Waals surface area (Å²) in [5, 5.41) is 2.54. The molecule has 1 atom stereocenters. The number of hydrogen-bond acceptors (Lipinski definition) is 2. The van der Waals surface area contributed by atoms with Crippen LogP contribution in [0.25, 0.3) is 0 Å². The molecule has 0 spiro atoms. The largest absolute Gasteiger partial charge is 0.352 e. The molecule has 0 aliphatic heterocycles. The highest BCUT2D eigenvalue weighted by molar-refractivity contribution is 5.94. The van der Waals surface area contributed by atoms with Gasteiger partial charge in [-0.25, -0.2) is 8.78 Å². The van der Waals surface area contributed by atoms with Crippen LogP contribution in [0.2, 0.25) is 0 Å². The Hall–Kier alpha value is -2.27. The van der Waals surface area contributed by atoms with Crippen molar-refractivity contribution in [2.75, 3.05) is 6.54 Å². The Bertz CT molecular complexity index is 617. The molecule has 0 saturated carbocycles. The fourth-order valence-electron chi connectivity index (χ4n) is 1.97. The quantitative estimate of drug-likeness (QED) is 0.889. The topological polar surface area (TPSA) is 55.1 Å². The number of nitrogens with one attached hydrogen (secondary N) is 1. The first-order valence-corrected chi connectivity index (χ1v) is 6.61. The fourth-order valence-corrected chi connectivity index (χ4v) is 1.97. The third kappa shape index (κ3) is 4.10. The van der Waals surface area contributed by atoms with Gasteiger partial charge < -0.3 is 11.1 Å². The maximum Gasteiger partial charge on any atom is 0.254 e. The molecule has 0 aliphatic rings. The van der Waals surface area contributed by atoms with E-state index in [1.54, 1.807) is 0 Å². The summed E-state index contributed by atoms with van der Waals surface area (Å²) in [6.07, 6.45) is 0.507. The van der Waals surface area contributed by atoms with Gasteiger partial charge in [0.15, 0.2) is 0 Å². The van der Waals surface area contributed by atoms with Crippen LogP contribution in [0.15, 0.2) is 48.5 Å². The zero-order valence-electron chi connectivity index (χ0n) is 11.4. The van der Waals surface area contributed by atoms with E-state index in [-0.39, 0.29) is 18.2 Å². The highest BCUT2D eigenvalue weighted by atomic mass is 19.1. The number of carbonyl (C=O) groups is 1. The summed E-state index contributed by atoms with van der Waals surface area (Å²) in [4.78, 5) is 11.8. The second kappa shape index (κ2) is 6.95. The summed E-state index contributed by atoms with van der Waals surface area (Å²) in [6, 6.07) is 12.0. The molecule has 3 nitrogen and oxygen atoms in total. The van der Waals surface area contributed by atoms with E-state index >= 15 is 0 Å². The summed E-state index contributed by atoms with van der Waals surface area (Å²) in [7, 11) is 0. The second-order valence-corrected chi connectivity index (χ2v) is 4.69. The standard InChI is InChI=1S/C16H16F2N2O/c17-12-6-7-14(18)13(10-12)16(21)20-9-8-15(19)11-4-2-1-3-5-11/h1-7,10,15H,8-9,19H2,(H,20,21). The molecule has 0 heterocycles. The van der Waals surface area contributed by atoms with Gasteiger partial charge in [-0.05, 0) is 30.2 Å². The summed E-state index contributed by atoms with van der Waals surface area (Å²) in [5.74, 6) is -2.05. The molecule has 21 heavy (non-hydrogen) atoms. The minimum Gasteiger partial charge on any atom is -0.352 e. The molecule has 2 aromatic rings. The van der Waals surface area contributed by atoms with Crippen molar-refractivity contribution >= 4 is 5.91 Å². The molecular weight excluding hydrogens is 274 g/mol. The molecule has 0 fully saturated rings. The Morgan fingerprint density at radius 1 is 1.14 bits per heavy atom. The monoisotopic (exact) mass is 290 g/mol. The smallest absolute Gasteiger partial charge is 0.254 e. The van der Waals surface area contributed by atoms with Crippen molar-refractivity contribution in [2.45, 2.75) is 12.5 Å². The van der Waals surface area contributed by atoms with Crippen LogP contribution in [0.1, 0.15) is 28.4 Å². The minimum atomic E-state index is -0.749. The molecule has 2 aromatic carbocycles. The number of rotatable bonds is 5. The first-order valence-electron chi connectivity index (χ1n) is 6.61. The van der Waals surface area contributed by atoms with E-state index in [0.29, 0.717) is 6.42 Å². The van der Waals surface area contributed by atoms with Crippen molar-refractivity contribution in [2.24, 2.45) is 5.73 Å². The van der Waals surface area contributed by atoms with Crippen LogP contribution in [-0.4, -0.2) is 12.5 Å². The summed E-state index contributed by atoms with van der Waals surface area (Å²) >= 11 is 0. The van der Waals surface area contributed by atoms with Crippen molar-refractivity contribution in [1.29, 1.82) is 0 Å². The predicted octanol–water partition coefficient (Wildman–Crippen LogP) is 2.78. The highest BCUT2D eigenvalue weighted by Gasteiger charge is 2.13. The maximum atomic E-state index is 13.4. The van der Waals surface area contributed by atoms with Crippen LogP contribution in [0, 0.1) is 11.6 Å². The third-order valence-corrected chi connectivity index (χ3v) is 3.14. The normalized spacial score (nSPS) is 12.0. The van der Waals surface area contributed by atoms with Crippen molar-refractivity contribution in [1.82, 2.24) is 5.32 Å². The van der Waals surface area contributed by atoms with Crippen molar-refractivity contribution in [3.8, 4) is 0 Å². The molecule has 2 rings (SSSR count). The van der Waals surface area contributed by atoms with E-state index in [0.717, 1.165) is 23.8 Å². The molecule has 0 aromatic heterocycles. The number of nitrogens with two attached hydrogens (primary N) is 1. The lowest BCUT2D eigenvalue weighted by molar-refractivity contribution is 0.0948. The van der Waals surface area contributed by atoms with Gasteiger partial charge in [-0.1, -0.05) is 30.3 Å². The lowest BCUT2D eigenvalue weighted by Gasteiger charge is -2.12. The predicted molar refractivity (Wildman–Crippen MR) is 76.7 cm³/mol. The van der Waals surface area contributed by atoms with Crippen LogP contribution >= 0.6 is 0 Å². The Morgan fingerprint density at radius 3 is 2.57 bits per heavy atom. The Labute approximate surface area is 121 Å². The Morgan fingerprint density at radius 2 is 1.86 bits per heavy atom. The molecule has 5 heteroatoms. The van der Waals surface area contributed by atoms with Gasteiger partial charge >= 0.3 is 0 Å². The van der Waals surface area contributed by atoms with Gasteiger partial charge in [0.05, 0.1) is 5.56 Å². The molecule has 0 bridgehead atoms. The molecule has 1 unspecified atom stereocenters. The van der Waals surface area contributed by atoms with Gasteiger partial charge in [0.25, 0.3) is 5.91 Å². The zero-order valence-corrected chi connectivity index (χ0v) is 11.4. The highest BCUT2D eigenvalue weighted by Crippen LogP contribution is 2.13. The number of hydrogen-bond donors (Lipinski definition) is 2. The summed E-state index contributed by atoms with van der Waals surface area (Å²) in [6.45, 7) is 0.283. The molecule has 0 aliphatic carbocycles. The molecular formula is C16H16F2N2O. The van der Waals surface area contributed by atoms with Crippen LogP contribution in [0.5, 0.6) is 0 Å². The van der Waals surface area contributed by atoms with Crippen LogP contribution < -0.4 is 11.1 Å². The molecule has 1 amide bonds. The van der Waals surface area contributed by atoms with Crippen LogP contribution in [0.3, 0.4) is 0 Å². The van der Waals surface area contributed by atoms with E-state index in [1.165, 1.54) is 0 Å². The molecule has 0 radical (unpaired) electrons. The van der Waals surface area contributed by atoms with E-state index < -0.39 is 17.5 Å². The SMILES string of the molecule is NC(CCNC(=O)c1cc(F)ccc1F)c1ccccc1. The molecule has 3 N–H and O–H groups in total. The molecule has 110 valence electrons. The van der Waals surface area contributed by atoms with Gasteiger partial charge in [0.2, 0.25) is 0 Å². The van der Waals surface area contributed by atoms with Crippen molar-refractivity contribution in [3.05, 3.63) is 71.3 Å². The molecule has 0 saturated heterocycles. The van der Waals surface area contributed by atoms with Crippen LogP contribution in [0.4, 0.5) is 8.78 Å². The van der Waals surface area contributed by atoms with Gasteiger partial charge in [-0.3, -0.25) is 4.79 Å². The van der Waals surface area contributed by atoms with E-state index in [1.807, 2.05) is 30.3 Å². The number of amides is 1. The van der Waals surface area contributed by atoms with Gasteiger partial charge in [-0.2, -0.15) is 0 Å². The number of halogens is 2. The average molecular weight is 290 g/mol. The summed E-state index contributed by atoms with van der Waals surface area (Å²) in [5.41, 5.74) is 6.65. The fraction of sp³-hybridized carbons (Fsp3) is 0.188. The number of carbonyl (C=O) groups excluding carboxylic acids is 1. The Kier molecular flexibility index (Phi) is 5.00. The maximum absolute atomic E-state index is 13.4. The third-order valence-electron chi connectivity index (χ3n) is 3.14. The van der Waals surface area contributed by atoms with Crippen LogP contribution in [-0.2, 0) is 0 Å². The Balaban J connectivity index is 1.88. The van der Waals surface area contributed by atoms with Crippen molar-refractivity contribution in [3.63, 3.8) is 0 Å². The average Bonchev–Trinajstić information content (AvgIpc) is 2.50. The zero-order chi connectivity index (χ0) is 15.2.